The molecule has 1 aliphatic heterocycles. The van der Waals surface area contributed by atoms with Gasteiger partial charge >= 0.3 is 6.03 Å². The largest absolute Gasteiger partial charge is 0.339 e. The molecule has 0 spiro atoms. The number of benzene rings is 1. The highest BCUT2D eigenvalue weighted by Gasteiger charge is 2.51. The van der Waals surface area contributed by atoms with Crippen molar-refractivity contribution < 1.29 is 14.4 Å². The van der Waals surface area contributed by atoms with E-state index in [0.29, 0.717) is 43.3 Å². The summed E-state index contributed by atoms with van der Waals surface area (Å²) < 4.78 is 0. The van der Waals surface area contributed by atoms with Gasteiger partial charge in [0.25, 0.3) is 5.91 Å². The van der Waals surface area contributed by atoms with Crippen molar-refractivity contribution in [3.05, 3.63) is 34.9 Å². The van der Waals surface area contributed by atoms with E-state index in [9.17, 15) is 14.4 Å². The number of urea groups is 1. The Labute approximate surface area is 200 Å². The molecule has 2 N–H and O–H groups in total. The van der Waals surface area contributed by atoms with E-state index in [4.69, 9.17) is 11.6 Å². The average molecular weight is 473 g/mol. The predicted octanol–water partition coefficient (Wildman–Crippen LogP) is 3.28. The molecule has 33 heavy (non-hydrogen) atoms. The average Bonchev–Trinajstić information content (AvgIpc) is 2.78. The first kappa shape index (κ1) is 22.5. The van der Waals surface area contributed by atoms with Crippen molar-refractivity contribution in [2.75, 3.05) is 32.7 Å². The van der Waals surface area contributed by atoms with E-state index >= 15 is 0 Å². The summed E-state index contributed by atoms with van der Waals surface area (Å²) in [5, 5.41) is 6.79. The number of nitrogens with one attached hydrogen (secondary N) is 2. The molecule has 0 aromatic heterocycles. The molecule has 1 heterocycles. The zero-order valence-electron chi connectivity index (χ0n) is 19.0. The fourth-order valence-electron chi connectivity index (χ4n) is 6.92. The van der Waals surface area contributed by atoms with Gasteiger partial charge in [-0.2, -0.15) is 0 Å². The van der Waals surface area contributed by atoms with Gasteiger partial charge in [-0.3, -0.25) is 9.59 Å². The van der Waals surface area contributed by atoms with Crippen LogP contribution < -0.4 is 10.6 Å². The van der Waals surface area contributed by atoms with Crippen molar-refractivity contribution in [2.24, 2.45) is 17.8 Å². The summed E-state index contributed by atoms with van der Waals surface area (Å²) in [6.45, 7) is 2.37. The molecule has 4 aliphatic carbocycles. The Morgan fingerprint density at radius 2 is 1.42 bits per heavy atom. The lowest BCUT2D eigenvalue weighted by atomic mass is 9.53. The Morgan fingerprint density at radius 3 is 2.00 bits per heavy atom. The van der Waals surface area contributed by atoms with Crippen LogP contribution in [0.3, 0.4) is 0 Å². The van der Waals surface area contributed by atoms with Gasteiger partial charge in [0.15, 0.2) is 0 Å². The first-order valence-corrected chi connectivity index (χ1v) is 12.7. The summed E-state index contributed by atoms with van der Waals surface area (Å²) in [6, 6.07) is 6.73. The van der Waals surface area contributed by atoms with E-state index in [-0.39, 0.29) is 29.8 Å². The normalized spacial score (nSPS) is 30.3. The van der Waals surface area contributed by atoms with Crippen LogP contribution in [0.2, 0.25) is 5.02 Å². The lowest BCUT2D eigenvalue weighted by molar-refractivity contribution is -0.132. The summed E-state index contributed by atoms with van der Waals surface area (Å²) >= 11 is 5.90. The predicted molar refractivity (Wildman–Crippen MR) is 126 cm³/mol. The van der Waals surface area contributed by atoms with Crippen LogP contribution in [0.25, 0.3) is 0 Å². The molecule has 5 fully saturated rings. The van der Waals surface area contributed by atoms with Gasteiger partial charge in [0.2, 0.25) is 5.91 Å². The molecule has 1 aromatic carbocycles. The van der Waals surface area contributed by atoms with Crippen LogP contribution in [0.15, 0.2) is 24.3 Å². The first-order chi connectivity index (χ1) is 15.9. The highest BCUT2D eigenvalue weighted by molar-refractivity contribution is 6.30. The molecule has 4 bridgehead atoms. The molecule has 4 amide bonds. The van der Waals surface area contributed by atoms with Crippen molar-refractivity contribution in [3.8, 4) is 0 Å². The number of hydrogen-bond acceptors (Lipinski definition) is 3. The van der Waals surface area contributed by atoms with E-state index in [0.717, 1.165) is 37.0 Å². The summed E-state index contributed by atoms with van der Waals surface area (Å²) in [5.74, 6) is 2.32. The molecule has 8 heteroatoms. The molecule has 0 radical (unpaired) electrons. The van der Waals surface area contributed by atoms with Crippen LogP contribution in [-0.2, 0) is 4.79 Å². The molecule has 178 valence electrons. The van der Waals surface area contributed by atoms with Crippen molar-refractivity contribution >= 4 is 29.4 Å². The minimum absolute atomic E-state index is 0.0173. The van der Waals surface area contributed by atoms with E-state index < -0.39 is 0 Å². The molecule has 6 rings (SSSR count). The number of amides is 4. The molecule has 0 unspecified atom stereocenters. The van der Waals surface area contributed by atoms with Gasteiger partial charge in [-0.25, -0.2) is 4.79 Å². The number of carbonyl (C=O) groups excluding carboxylic acids is 3. The lowest BCUT2D eigenvalue weighted by Gasteiger charge is -2.56. The first-order valence-electron chi connectivity index (χ1n) is 12.3. The molecular weight excluding hydrogens is 440 g/mol. The minimum atomic E-state index is -0.136. The standard InChI is InChI=1S/C25H33ClN4O3/c26-21-3-1-20(2-4-21)23(32)30-9-7-29(8-10-30)22(31)5-6-27-24(33)28-25-14-17-11-18(15-25)13-19(12-17)16-25/h1-4,17-19H,5-16H2,(H2,27,28,33). The van der Waals surface area contributed by atoms with Crippen LogP contribution in [0.4, 0.5) is 4.79 Å². The number of rotatable bonds is 5. The second-order valence-corrected chi connectivity index (χ2v) is 10.9. The van der Waals surface area contributed by atoms with E-state index in [1.807, 2.05) is 0 Å². The quantitative estimate of drug-likeness (QED) is 0.690. The van der Waals surface area contributed by atoms with Crippen LogP contribution in [0.5, 0.6) is 0 Å². The van der Waals surface area contributed by atoms with Gasteiger partial charge in [0.05, 0.1) is 0 Å². The van der Waals surface area contributed by atoms with Gasteiger partial charge in [-0.15, -0.1) is 0 Å². The SMILES string of the molecule is O=C(NCCC(=O)N1CCN(C(=O)c2ccc(Cl)cc2)CC1)NC12CC3CC(CC(C3)C1)C2. The maximum atomic E-state index is 12.6. The third-order valence-electron chi connectivity index (χ3n) is 8.05. The monoisotopic (exact) mass is 472 g/mol. The second-order valence-electron chi connectivity index (χ2n) is 10.5. The molecular formula is C25H33ClN4O3. The lowest BCUT2D eigenvalue weighted by Crippen LogP contribution is -2.61. The van der Waals surface area contributed by atoms with E-state index in [2.05, 4.69) is 10.6 Å². The Morgan fingerprint density at radius 1 is 0.879 bits per heavy atom. The van der Waals surface area contributed by atoms with Crippen molar-refractivity contribution in [3.63, 3.8) is 0 Å². The Balaban J connectivity index is 1.03. The Bertz CT molecular complexity index is 875. The fourth-order valence-corrected chi connectivity index (χ4v) is 7.05. The maximum Gasteiger partial charge on any atom is 0.315 e. The number of nitrogens with zero attached hydrogens (tertiary/aromatic N) is 2. The van der Waals surface area contributed by atoms with Crippen molar-refractivity contribution in [2.45, 2.75) is 50.5 Å². The van der Waals surface area contributed by atoms with Crippen LogP contribution in [-0.4, -0.2) is 65.9 Å². The maximum absolute atomic E-state index is 12.6. The van der Waals surface area contributed by atoms with Gasteiger partial charge in [0, 0.05) is 55.3 Å². The van der Waals surface area contributed by atoms with Crippen molar-refractivity contribution in [1.82, 2.24) is 20.4 Å². The molecule has 5 aliphatic rings. The Hall–Kier alpha value is -2.28. The topological polar surface area (TPSA) is 81.8 Å². The summed E-state index contributed by atoms with van der Waals surface area (Å²) in [6.07, 6.45) is 7.65. The minimum Gasteiger partial charge on any atom is -0.339 e. The van der Waals surface area contributed by atoms with Crippen LogP contribution in [0, 0.1) is 17.8 Å². The Kier molecular flexibility index (Phi) is 6.25. The zero-order chi connectivity index (χ0) is 23.0. The van der Waals surface area contributed by atoms with Gasteiger partial charge in [-0.1, -0.05) is 11.6 Å². The molecule has 0 atom stereocenters. The van der Waals surface area contributed by atoms with Crippen LogP contribution in [0.1, 0.15) is 55.3 Å². The smallest absolute Gasteiger partial charge is 0.315 e. The fraction of sp³-hybridized carbons (Fsp3) is 0.640. The summed E-state index contributed by atoms with van der Waals surface area (Å²) in [4.78, 5) is 41.3. The highest BCUT2D eigenvalue weighted by Crippen LogP contribution is 2.55. The zero-order valence-corrected chi connectivity index (χ0v) is 19.8. The molecule has 7 nitrogen and oxygen atoms in total. The van der Waals surface area contributed by atoms with Crippen LogP contribution >= 0.6 is 11.6 Å². The second kappa shape index (κ2) is 9.16. The number of halogens is 1. The molecule has 1 saturated heterocycles. The summed E-state index contributed by atoms with van der Waals surface area (Å²) in [7, 11) is 0. The van der Waals surface area contributed by atoms with Gasteiger partial charge < -0.3 is 20.4 Å². The number of piperazine rings is 1. The highest BCUT2D eigenvalue weighted by atomic mass is 35.5. The molecule has 4 saturated carbocycles. The van der Waals surface area contributed by atoms with E-state index in [1.54, 1.807) is 34.1 Å². The van der Waals surface area contributed by atoms with Gasteiger partial charge in [0.1, 0.15) is 0 Å². The summed E-state index contributed by atoms with van der Waals surface area (Å²) in [5.41, 5.74) is 0.587. The number of hydrogen-bond donors (Lipinski definition) is 2. The molecule has 1 aromatic rings. The number of carbonyl (C=O) groups is 3. The van der Waals surface area contributed by atoms with E-state index in [1.165, 1.54) is 19.3 Å². The van der Waals surface area contributed by atoms with Gasteiger partial charge in [-0.05, 0) is 80.5 Å². The third kappa shape index (κ3) is 4.98. The van der Waals surface area contributed by atoms with Crippen molar-refractivity contribution in [1.29, 1.82) is 0 Å². The third-order valence-corrected chi connectivity index (χ3v) is 8.30.